The van der Waals surface area contributed by atoms with Crippen LogP contribution >= 0.6 is 0 Å². The SMILES string of the molecule is COC(=O)c1cc(N)cnc1Oc1c(C)nn(C)c1C. The smallest absolute Gasteiger partial charge is 0.343 e. The van der Waals surface area contributed by atoms with Crippen LogP contribution in [0.2, 0.25) is 0 Å². The summed E-state index contributed by atoms with van der Waals surface area (Å²) in [4.78, 5) is 15.8. The number of nitrogen functional groups attached to an aromatic ring is 1. The summed E-state index contributed by atoms with van der Waals surface area (Å²) < 4.78 is 12.1. The second-order valence-electron chi connectivity index (χ2n) is 4.34. The molecule has 0 unspecified atom stereocenters. The Balaban J connectivity index is 2.46. The van der Waals surface area contributed by atoms with Crippen molar-refractivity contribution in [2.24, 2.45) is 7.05 Å². The molecule has 2 aromatic rings. The third-order valence-electron chi connectivity index (χ3n) is 2.92. The molecular formula is C13H16N4O3. The average molecular weight is 276 g/mol. The van der Waals surface area contributed by atoms with Crippen LogP contribution in [0.4, 0.5) is 5.69 Å². The Morgan fingerprint density at radius 2 is 2.10 bits per heavy atom. The van der Waals surface area contributed by atoms with Crippen LogP contribution in [0.15, 0.2) is 12.3 Å². The number of carbonyl (C=O) groups excluding carboxylic acids is 1. The normalized spacial score (nSPS) is 10.4. The fourth-order valence-corrected chi connectivity index (χ4v) is 1.80. The Bertz CT molecular complexity index is 664. The van der Waals surface area contributed by atoms with Crippen LogP contribution in [0.25, 0.3) is 0 Å². The van der Waals surface area contributed by atoms with Crippen molar-refractivity contribution in [1.29, 1.82) is 0 Å². The lowest BCUT2D eigenvalue weighted by Gasteiger charge is -2.09. The first kappa shape index (κ1) is 13.9. The molecule has 2 aromatic heterocycles. The van der Waals surface area contributed by atoms with Crippen LogP contribution in [0.1, 0.15) is 21.7 Å². The van der Waals surface area contributed by atoms with Crippen molar-refractivity contribution in [2.75, 3.05) is 12.8 Å². The molecule has 0 spiro atoms. The monoisotopic (exact) mass is 276 g/mol. The van der Waals surface area contributed by atoms with Gasteiger partial charge in [-0.25, -0.2) is 9.78 Å². The summed E-state index contributed by atoms with van der Waals surface area (Å²) in [5.41, 5.74) is 7.71. The number of hydrogen-bond acceptors (Lipinski definition) is 6. The number of methoxy groups -OCH3 is 1. The van der Waals surface area contributed by atoms with E-state index in [1.807, 2.05) is 20.9 Å². The standard InChI is InChI=1S/C13H16N4O3/c1-7-11(8(2)17(3)16-7)20-12-10(13(18)19-4)5-9(14)6-15-12/h5-6H,14H2,1-4H3. The molecule has 7 heteroatoms. The molecule has 0 aromatic carbocycles. The van der Waals surface area contributed by atoms with E-state index >= 15 is 0 Å². The van der Waals surface area contributed by atoms with Gasteiger partial charge in [0, 0.05) is 7.05 Å². The third kappa shape index (κ3) is 2.42. The molecule has 0 saturated heterocycles. The summed E-state index contributed by atoms with van der Waals surface area (Å²) in [6.45, 7) is 3.68. The van der Waals surface area contributed by atoms with Gasteiger partial charge in [0.2, 0.25) is 5.88 Å². The zero-order chi connectivity index (χ0) is 14.9. The van der Waals surface area contributed by atoms with Gasteiger partial charge in [-0.05, 0) is 19.9 Å². The van der Waals surface area contributed by atoms with Gasteiger partial charge in [-0.15, -0.1) is 0 Å². The average Bonchev–Trinajstić information content (AvgIpc) is 2.66. The topological polar surface area (TPSA) is 92.3 Å². The highest BCUT2D eigenvalue weighted by Crippen LogP contribution is 2.29. The molecule has 2 heterocycles. The van der Waals surface area contributed by atoms with E-state index in [0.29, 0.717) is 17.1 Å². The number of nitrogens with two attached hydrogens (primary N) is 1. The van der Waals surface area contributed by atoms with E-state index in [-0.39, 0.29) is 11.4 Å². The van der Waals surface area contributed by atoms with Crippen LogP contribution in [-0.2, 0) is 11.8 Å². The number of pyridine rings is 1. The van der Waals surface area contributed by atoms with E-state index in [4.69, 9.17) is 15.2 Å². The fourth-order valence-electron chi connectivity index (χ4n) is 1.80. The van der Waals surface area contributed by atoms with Crippen molar-refractivity contribution >= 4 is 11.7 Å². The fraction of sp³-hybridized carbons (Fsp3) is 0.308. The van der Waals surface area contributed by atoms with E-state index < -0.39 is 5.97 Å². The number of ether oxygens (including phenoxy) is 2. The lowest BCUT2D eigenvalue weighted by Crippen LogP contribution is -2.06. The van der Waals surface area contributed by atoms with Gasteiger partial charge in [0.1, 0.15) is 11.3 Å². The van der Waals surface area contributed by atoms with Gasteiger partial charge in [0.15, 0.2) is 5.75 Å². The molecule has 0 amide bonds. The number of aromatic nitrogens is 3. The van der Waals surface area contributed by atoms with E-state index in [2.05, 4.69) is 10.1 Å². The van der Waals surface area contributed by atoms with Crippen molar-refractivity contribution in [3.05, 3.63) is 29.2 Å². The molecule has 2 N–H and O–H groups in total. The molecule has 20 heavy (non-hydrogen) atoms. The van der Waals surface area contributed by atoms with Gasteiger partial charge < -0.3 is 15.2 Å². The van der Waals surface area contributed by atoms with E-state index in [9.17, 15) is 4.79 Å². The van der Waals surface area contributed by atoms with Gasteiger partial charge in [0.05, 0.1) is 24.7 Å². The largest absolute Gasteiger partial charge is 0.465 e. The molecule has 7 nitrogen and oxygen atoms in total. The number of rotatable bonds is 3. The zero-order valence-electron chi connectivity index (χ0n) is 11.8. The zero-order valence-corrected chi connectivity index (χ0v) is 11.8. The molecule has 106 valence electrons. The van der Waals surface area contributed by atoms with Crippen molar-refractivity contribution in [1.82, 2.24) is 14.8 Å². The molecule has 0 aliphatic heterocycles. The Kier molecular flexibility index (Phi) is 3.60. The van der Waals surface area contributed by atoms with Gasteiger partial charge in [-0.3, -0.25) is 4.68 Å². The second kappa shape index (κ2) is 5.20. The van der Waals surface area contributed by atoms with E-state index in [1.54, 1.807) is 4.68 Å². The minimum absolute atomic E-state index is 0.144. The van der Waals surface area contributed by atoms with Crippen molar-refractivity contribution in [2.45, 2.75) is 13.8 Å². The van der Waals surface area contributed by atoms with Crippen LogP contribution in [-0.4, -0.2) is 27.8 Å². The predicted molar refractivity (Wildman–Crippen MR) is 72.7 cm³/mol. The predicted octanol–water partition coefficient (Wildman–Crippen LogP) is 1.59. The van der Waals surface area contributed by atoms with E-state index in [1.165, 1.54) is 19.4 Å². The quantitative estimate of drug-likeness (QED) is 0.856. The highest BCUT2D eigenvalue weighted by molar-refractivity contribution is 5.92. The number of aryl methyl sites for hydroxylation is 2. The molecule has 0 atom stereocenters. The Morgan fingerprint density at radius 1 is 1.40 bits per heavy atom. The van der Waals surface area contributed by atoms with Gasteiger partial charge in [-0.2, -0.15) is 5.10 Å². The molecule has 0 bridgehead atoms. The van der Waals surface area contributed by atoms with E-state index in [0.717, 1.165) is 5.69 Å². The van der Waals surface area contributed by atoms with Crippen LogP contribution in [0, 0.1) is 13.8 Å². The first-order valence-electron chi connectivity index (χ1n) is 5.96. The number of nitrogens with zero attached hydrogens (tertiary/aromatic N) is 3. The Morgan fingerprint density at radius 3 is 2.65 bits per heavy atom. The number of carbonyl (C=O) groups is 1. The third-order valence-corrected chi connectivity index (χ3v) is 2.92. The highest BCUT2D eigenvalue weighted by atomic mass is 16.5. The highest BCUT2D eigenvalue weighted by Gasteiger charge is 2.19. The lowest BCUT2D eigenvalue weighted by molar-refractivity contribution is 0.0597. The van der Waals surface area contributed by atoms with Gasteiger partial charge in [0.25, 0.3) is 0 Å². The summed E-state index contributed by atoms with van der Waals surface area (Å²) in [6.07, 6.45) is 1.42. The molecule has 0 saturated carbocycles. The Labute approximate surface area is 116 Å². The summed E-state index contributed by atoms with van der Waals surface area (Å²) in [6, 6.07) is 1.47. The van der Waals surface area contributed by atoms with Crippen molar-refractivity contribution < 1.29 is 14.3 Å². The van der Waals surface area contributed by atoms with Crippen LogP contribution in [0.3, 0.4) is 0 Å². The maximum Gasteiger partial charge on any atom is 0.343 e. The molecule has 0 fully saturated rings. The van der Waals surface area contributed by atoms with Crippen molar-refractivity contribution in [3.63, 3.8) is 0 Å². The summed E-state index contributed by atoms with van der Waals surface area (Å²) >= 11 is 0. The lowest BCUT2D eigenvalue weighted by atomic mass is 10.2. The second-order valence-corrected chi connectivity index (χ2v) is 4.34. The first-order valence-corrected chi connectivity index (χ1v) is 5.96. The molecule has 2 rings (SSSR count). The molecular weight excluding hydrogens is 260 g/mol. The molecule has 0 aliphatic rings. The summed E-state index contributed by atoms with van der Waals surface area (Å²) in [5.74, 6) is 0.152. The maximum absolute atomic E-state index is 11.7. The molecule has 0 aliphatic carbocycles. The minimum atomic E-state index is -0.556. The maximum atomic E-state index is 11.7. The number of esters is 1. The first-order chi connectivity index (χ1) is 9.43. The Hall–Kier alpha value is -2.57. The van der Waals surface area contributed by atoms with Crippen LogP contribution < -0.4 is 10.5 Å². The summed E-state index contributed by atoms with van der Waals surface area (Å²) in [7, 11) is 3.10. The molecule has 0 radical (unpaired) electrons. The minimum Gasteiger partial charge on any atom is -0.465 e. The number of hydrogen-bond donors (Lipinski definition) is 1. The van der Waals surface area contributed by atoms with Gasteiger partial charge >= 0.3 is 5.97 Å². The number of anilines is 1. The van der Waals surface area contributed by atoms with Gasteiger partial charge in [-0.1, -0.05) is 0 Å². The van der Waals surface area contributed by atoms with Crippen molar-refractivity contribution in [3.8, 4) is 11.6 Å². The summed E-state index contributed by atoms with van der Waals surface area (Å²) in [5, 5.41) is 4.24. The van der Waals surface area contributed by atoms with Crippen LogP contribution in [0.5, 0.6) is 11.6 Å².